The topological polar surface area (TPSA) is 51.7 Å². The normalized spacial score (nSPS) is 14.9. The van der Waals surface area contributed by atoms with Gasteiger partial charge in [0.2, 0.25) is 0 Å². The quantitative estimate of drug-likeness (QED) is 0.530. The molecular weight excluding hydrogens is 370 g/mol. The molecule has 1 fully saturated rings. The highest BCUT2D eigenvalue weighted by atomic mass is 19.4. The highest BCUT2D eigenvalue weighted by Gasteiger charge is 2.38. The summed E-state index contributed by atoms with van der Waals surface area (Å²) >= 11 is 0. The Hall–Kier alpha value is -2.20. The van der Waals surface area contributed by atoms with E-state index >= 15 is 0 Å². The maximum Gasteiger partial charge on any atom is 0.405 e. The van der Waals surface area contributed by atoms with Gasteiger partial charge in [-0.3, -0.25) is 0 Å². The number of halogens is 6. The van der Waals surface area contributed by atoms with Crippen LogP contribution >= 0.6 is 0 Å². The average molecular weight is 386 g/mol. The largest absolute Gasteiger partial charge is 0.491 e. The van der Waals surface area contributed by atoms with E-state index in [1.807, 2.05) is 0 Å². The lowest BCUT2D eigenvalue weighted by atomic mass is 10.2. The van der Waals surface area contributed by atoms with Crippen molar-refractivity contribution in [1.82, 2.24) is 4.98 Å². The molecule has 1 aromatic rings. The molecule has 11 heteroatoms. The number of aromatic nitrogens is 1. The van der Waals surface area contributed by atoms with Crippen LogP contribution in [-0.4, -0.2) is 50.1 Å². The zero-order valence-corrected chi connectivity index (χ0v) is 13.7. The molecule has 0 saturated heterocycles. The van der Waals surface area contributed by atoms with Crippen molar-refractivity contribution in [3.8, 4) is 5.75 Å². The standard InChI is InChI=1S/C15H16F6N2O3/c1-25-13(24)12-11(26-6-9-2-3-9)4-10(5-22-12)23(7-14(16,17)18)8-15(19,20)21/h4-5,9H,2-3,6-8H2,1H3. The molecular formula is C15H16F6N2O3. The van der Waals surface area contributed by atoms with E-state index in [0.717, 1.165) is 32.2 Å². The van der Waals surface area contributed by atoms with Gasteiger partial charge >= 0.3 is 18.3 Å². The molecule has 1 aliphatic rings. The molecule has 2 rings (SSSR count). The van der Waals surface area contributed by atoms with Crippen LogP contribution in [0.15, 0.2) is 12.3 Å². The molecule has 0 amide bonds. The molecule has 1 aliphatic carbocycles. The van der Waals surface area contributed by atoms with Crippen molar-refractivity contribution in [3.05, 3.63) is 18.0 Å². The molecule has 26 heavy (non-hydrogen) atoms. The van der Waals surface area contributed by atoms with Gasteiger partial charge in [0.25, 0.3) is 0 Å². The van der Waals surface area contributed by atoms with Gasteiger partial charge in [-0.1, -0.05) is 0 Å². The van der Waals surface area contributed by atoms with Crippen molar-refractivity contribution in [2.45, 2.75) is 25.2 Å². The lowest BCUT2D eigenvalue weighted by Crippen LogP contribution is -2.40. The van der Waals surface area contributed by atoms with E-state index in [4.69, 9.17) is 4.74 Å². The zero-order valence-electron chi connectivity index (χ0n) is 13.7. The van der Waals surface area contributed by atoms with Gasteiger partial charge in [-0.25, -0.2) is 9.78 Å². The van der Waals surface area contributed by atoms with Crippen LogP contribution in [0, 0.1) is 5.92 Å². The molecule has 5 nitrogen and oxygen atoms in total. The lowest BCUT2D eigenvalue weighted by molar-refractivity contribution is -0.137. The Morgan fingerprint density at radius 3 is 2.23 bits per heavy atom. The summed E-state index contributed by atoms with van der Waals surface area (Å²) in [6, 6.07) is 0.944. The summed E-state index contributed by atoms with van der Waals surface area (Å²) < 4.78 is 85.8. The van der Waals surface area contributed by atoms with Gasteiger partial charge in [-0.15, -0.1) is 0 Å². The number of esters is 1. The number of hydrogen-bond donors (Lipinski definition) is 0. The molecule has 0 aromatic carbocycles. The fourth-order valence-corrected chi connectivity index (χ4v) is 2.13. The Kier molecular flexibility index (Phi) is 5.87. The smallest absolute Gasteiger partial charge is 0.405 e. The van der Waals surface area contributed by atoms with E-state index in [1.54, 1.807) is 0 Å². The number of carbonyl (C=O) groups is 1. The molecule has 0 aliphatic heterocycles. The van der Waals surface area contributed by atoms with Crippen molar-refractivity contribution in [1.29, 1.82) is 0 Å². The zero-order chi connectivity index (χ0) is 19.5. The average Bonchev–Trinajstić information content (AvgIpc) is 3.33. The summed E-state index contributed by atoms with van der Waals surface area (Å²) in [6.07, 6.45) is -7.17. The third kappa shape index (κ3) is 6.26. The van der Waals surface area contributed by atoms with Crippen LogP contribution in [0.5, 0.6) is 5.75 Å². The van der Waals surface area contributed by atoms with Crippen molar-refractivity contribution < 1.29 is 40.6 Å². The number of hydrogen-bond acceptors (Lipinski definition) is 5. The Morgan fingerprint density at radius 2 is 1.77 bits per heavy atom. The Bertz CT molecular complexity index is 627. The number of nitrogens with zero attached hydrogens (tertiary/aromatic N) is 2. The van der Waals surface area contributed by atoms with Gasteiger partial charge in [0, 0.05) is 6.07 Å². The lowest BCUT2D eigenvalue weighted by Gasteiger charge is -2.27. The van der Waals surface area contributed by atoms with Crippen molar-refractivity contribution in [3.63, 3.8) is 0 Å². The van der Waals surface area contributed by atoms with Crippen LogP contribution in [0.3, 0.4) is 0 Å². The molecule has 0 spiro atoms. The molecule has 1 aromatic heterocycles. The van der Waals surface area contributed by atoms with Gasteiger partial charge in [-0.05, 0) is 18.8 Å². The molecule has 0 bridgehead atoms. The van der Waals surface area contributed by atoms with Crippen LogP contribution in [0.2, 0.25) is 0 Å². The van der Waals surface area contributed by atoms with Gasteiger partial charge < -0.3 is 14.4 Å². The second-order valence-electron chi connectivity index (χ2n) is 5.87. The number of alkyl halides is 6. The summed E-state index contributed by atoms with van der Waals surface area (Å²) in [4.78, 5) is 15.4. The minimum absolute atomic E-state index is 0.0814. The van der Waals surface area contributed by atoms with E-state index in [2.05, 4.69) is 9.72 Å². The maximum absolute atomic E-state index is 12.7. The minimum atomic E-state index is -4.86. The number of carbonyl (C=O) groups excluding carboxylic acids is 1. The number of anilines is 1. The predicted molar refractivity (Wildman–Crippen MR) is 78.1 cm³/mol. The summed E-state index contributed by atoms with van der Waals surface area (Å²) in [5, 5.41) is 0. The Balaban J connectivity index is 2.33. The number of methoxy groups -OCH3 is 1. The van der Waals surface area contributed by atoms with Crippen LogP contribution in [0.4, 0.5) is 32.0 Å². The van der Waals surface area contributed by atoms with Crippen molar-refractivity contribution in [2.24, 2.45) is 5.92 Å². The van der Waals surface area contributed by atoms with Crippen molar-refractivity contribution >= 4 is 11.7 Å². The fraction of sp³-hybridized carbons (Fsp3) is 0.600. The third-order valence-electron chi connectivity index (χ3n) is 3.49. The number of ether oxygens (including phenoxy) is 2. The van der Waals surface area contributed by atoms with Gasteiger partial charge in [0.15, 0.2) is 11.4 Å². The van der Waals surface area contributed by atoms with Crippen LogP contribution in [-0.2, 0) is 4.74 Å². The van der Waals surface area contributed by atoms with Crippen LogP contribution in [0.1, 0.15) is 23.3 Å². The van der Waals surface area contributed by atoms with Gasteiger partial charge in [-0.2, -0.15) is 26.3 Å². The monoisotopic (exact) mass is 386 g/mol. The SMILES string of the molecule is COC(=O)c1ncc(N(CC(F)(F)F)CC(F)(F)F)cc1OCC1CC1. The molecule has 0 atom stereocenters. The molecule has 0 radical (unpaired) electrons. The first-order valence-electron chi connectivity index (χ1n) is 7.58. The van der Waals surface area contributed by atoms with Crippen LogP contribution in [0.25, 0.3) is 0 Å². The van der Waals surface area contributed by atoms with E-state index in [9.17, 15) is 31.1 Å². The second-order valence-corrected chi connectivity index (χ2v) is 5.87. The highest BCUT2D eigenvalue weighted by molar-refractivity contribution is 5.90. The molecule has 0 N–H and O–H groups in total. The van der Waals surface area contributed by atoms with Gasteiger partial charge in [0.05, 0.1) is 25.6 Å². The summed E-state index contributed by atoms with van der Waals surface area (Å²) in [6.45, 7) is -3.46. The molecule has 1 saturated carbocycles. The minimum Gasteiger partial charge on any atom is -0.491 e. The first-order valence-corrected chi connectivity index (χ1v) is 7.58. The summed E-state index contributed by atoms with van der Waals surface area (Å²) in [7, 11) is 1.07. The summed E-state index contributed by atoms with van der Waals surface area (Å²) in [5.74, 6) is -0.873. The van der Waals surface area contributed by atoms with E-state index in [0.29, 0.717) is 0 Å². The molecule has 146 valence electrons. The number of rotatable bonds is 7. The first-order chi connectivity index (χ1) is 12.0. The molecule has 1 heterocycles. The second kappa shape index (κ2) is 7.58. The number of pyridine rings is 1. The van der Waals surface area contributed by atoms with E-state index in [1.165, 1.54) is 0 Å². The maximum atomic E-state index is 12.7. The Morgan fingerprint density at radius 1 is 1.19 bits per heavy atom. The van der Waals surface area contributed by atoms with Crippen LogP contribution < -0.4 is 9.64 Å². The fourth-order valence-electron chi connectivity index (χ4n) is 2.13. The van der Waals surface area contributed by atoms with Gasteiger partial charge in [0.1, 0.15) is 13.1 Å². The Labute approximate surface area is 144 Å². The third-order valence-corrected chi connectivity index (χ3v) is 3.49. The highest BCUT2D eigenvalue weighted by Crippen LogP contribution is 2.33. The molecule has 0 unspecified atom stereocenters. The van der Waals surface area contributed by atoms with E-state index in [-0.39, 0.29) is 28.9 Å². The van der Waals surface area contributed by atoms with Crippen molar-refractivity contribution in [2.75, 3.05) is 31.7 Å². The van der Waals surface area contributed by atoms with E-state index < -0.39 is 37.1 Å². The summed E-state index contributed by atoms with van der Waals surface area (Å²) in [5.41, 5.74) is -0.769. The first kappa shape index (κ1) is 20.1. The predicted octanol–water partition coefficient (Wildman–Crippen LogP) is 3.59.